The number of aromatic nitrogens is 2. The van der Waals surface area contributed by atoms with E-state index in [2.05, 4.69) is 22.1 Å². The molecule has 0 amide bonds. The minimum atomic E-state index is -0.367. The summed E-state index contributed by atoms with van der Waals surface area (Å²) in [6.45, 7) is 3.65. The Morgan fingerprint density at radius 2 is 2.06 bits per heavy atom. The Morgan fingerprint density at radius 3 is 2.71 bits per heavy atom. The molecule has 0 fully saturated rings. The molecule has 6 nitrogen and oxygen atoms in total. The number of rotatable bonds is 2. The van der Waals surface area contributed by atoms with Crippen LogP contribution >= 0.6 is 0 Å². The van der Waals surface area contributed by atoms with Crippen molar-refractivity contribution in [2.75, 3.05) is 7.05 Å². The Bertz CT molecular complexity index is 661. The molecule has 2 aromatic rings. The summed E-state index contributed by atoms with van der Waals surface area (Å²) in [4.78, 5) is 12.0. The standard InChI is InChI=1S/C11H11N3O3/c1-5(12-2)10-11(17)6-3-8(15)9(16)4-7(6)13-14-10/h3-4,12,15-16H,1H2,2H3,(H,13,17). The number of phenolic OH excluding ortho intramolecular Hbond substituents is 2. The van der Waals surface area contributed by atoms with Crippen LogP contribution in [0, 0.1) is 0 Å². The van der Waals surface area contributed by atoms with Crippen LogP contribution in [0.4, 0.5) is 0 Å². The van der Waals surface area contributed by atoms with Crippen molar-refractivity contribution >= 4 is 16.6 Å². The van der Waals surface area contributed by atoms with Crippen LogP contribution in [0.25, 0.3) is 16.6 Å². The van der Waals surface area contributed by atoms with Crippen LogP contribution < -0.4 is 10.7 Å². The highest BCUT2D eigenvalue weighted by atomic mass is 16.3. The molecule has 0 saturated heterocycles. The van der Waals surface area contributed by atoms with E-state index in [-0.39, 0.29) is 28.0 Å². The molecule has 0 atom stereocenters. The first-order valence-corrected chi connectivity index (χ1v) is 4.86. The first kappa shape index (κ1) is 11.0. The second kappa shape index (κ2) is 3.82. The van der Waals surface area contributed by atoms with Crippen molar-refractivity contribution in [3.8, 4) is 11.5 Å². The fourth-order valence-electron chi connectivity index (χ4n) is 1.47. The van der Waals surface area contributed by atoms with Gasteiger partial charge in [0.25, 0.3) is 0 Å². The van der Waals surface area contributed by atoms with Gasteiger partial charge in [-0.05, 0) is 6.07 Å². The minimum absolute atomic E-state index is 0.144. The monoisotopic (exact) mass is 233 g/mol. The topological polar surface area (TPSA) is 98.2 Å². The molecule has 2 rings (SSSR count). The second-order valence-corrected chi connectivity index (χ2v) is 3.52. The number of fused-ring (bicyclic) bond motifs is 1. The maximum absolute atomic E-state index is 12.0. The van der Waals surface area contributed by atoms with Gasteiger partial charge in [0.15, 0.2) is 17.2 Å². The van der Waals surface area contributed by atoms with Crippen molar-refractivity contribution in [2.24, 2.45) is 0 Å². The van der Waals surface area contributed by atoms with Crippen molar-refractivity contribution in [1.82, 2.24) is 15.5 Å². The van der Waals surface area contributed by atoms with E-state index in [1.807, 2.05) is 0 Å². The zero-order valence-corrected chi connectivity index (χ0v) is 9.11. The highest BCUT2D eigenvalue weighted by molar-refractivity contribution is 5.83. The molecule has 0 aliphatic rings. The van der Waals surface area contributed by atoms with Crippen LogP contribution in [0.2, 0.25) is 0 Å². The van der Waals surface area contributed by atoms with E-state index in [0.717, 1.165) is 0 Å². The number of benzene rings is 1. The molecular weight excluding hydrogens is 222 g/mol. The average Bonchev–Trinajstić information content (AvgIpc) is 2.31. The molecule has 1 aromatic carbocycles. The zero-order chi connectivity index (χ0) is 12.6. The van der Waals surface area contributed by atoms with Crippen LogP contribution in [0.5, 0.6) is 11.5 Å². The summed E-state index contributed by atoms with van der Waals surface area (Å²) in [7, 11) is 1.63. The first-order valence-electron chi connectivity index (χ1n) is 4.86. The highest BCUT2D eigenvalue weighted by Crippen LogP contribution is 2.27. The Kier molecular flexibility index (Phi) is 2.47. The van der Waals surface area contributed by atoms with E-state index in [1.165, 1.54) is 12.1 Å². The number of nitrogens with zero attached hydrogens (tertiary/aromatic N) is 1. The number of phenols is 2. The number of nitrogens with one attached hydrogen (secondary N) is 2. The number of hydrogen-bond donors (Lipinski definition) is 4. The van der Waals surface area contributed by atoms with E-state index in [4.69, 9.17) is 0 Å². The largest absolute Gasteiger partial charge is 0.504 e. The molecule has 0 aliphatic carbocycles. The molecule has 0 bridgehead atoms. The molecule has 0 spiro atoms. The van der Waals surface area contributed by atoms with Gasteiger partial charge in [-0.1, -0.05) is 6.58 Å². The summed E-state index contributed by atoms with van der Waals surface area (Å²) < 4.78 is 0. The van der Waals surface area contributed by atoms with Crippen LogP contribution in [-0.4, -0.2) is 27.5 Å². The van der Waals surface area contributed by atoms with Gasteiger partial charge in [0.05, 0.1) is 16.6 Å². The van der Waals surface area contributed by atoms with E-state index in [9.17, 15) is 15.0 Å². The average molecular weight is 233 g/mol. The van der Waals surface area contributed by atoms with E-state index >= 15 is 0 Å². The summed E-state index contributed by atoms with van der Waals surface area (Å²) in [6, 6.07) is 2.43. The predicted molar refractivity (Wildman–Crippen MR) is 63.8 cm³/mol. The Balaban J connectivity index is 2.80. The lowest BCUT2D eigenvalue weighted by molar-refractivity contribution is 0.404. The van der Waals surface area contributed by atoms with Gasteiger partial charge in [-0.3, -0.25) is 9.89 Å². The fourth-order valence-corrected chi connectivity index (χ4v) is 1.47. The number of aromatic amines is 1. The summed E-state index contributed by atoms with van der Waals surface area (Å²) in [5.74, 6) is -0.662. The van der Waals surface area contributed by atoms with Crippen molar-refractivity contribution in [1.29, 1.82) is 0 Å². The van der Waals surface area contributed by atoms with Crippen LogP contribution in [0.15, 0.2) is 23.5 Å². The molecule has 1 aromatic heterocycles. The van der Waals surface area contributed by atoms with E-state index < -0.39 is 0 Å². The maximum atomic E-state index is 12.0. The lowest BCUT2D eigenvalue weighted by Gasteiger charge is -2.05. The maximum Gasteiger partial charge on any atom is 0.217 e. The molecule has 0 radical (unpaired) electrons. The molecular formula is C11H11N3O3. The molecule has 6 heteroatoms. The quantitative estimate of drug-likeness (QED) is 0.567. The Morgan fingerprint density at radius 1 is 1.41 bits per heavy atom. The molecule has 0 unspecified atom stereocenters. The summed E-state index contributed by atoms with van der Waals surface area (Å²) in [5.41, 5.74) is 0.497. The minimum Gasteiger partial charge on any atom is -0.504 e. The Labute approximate surface area is 96.2 Å². The molecule has 17 heavy (non-hydrogen) atoms. The first-order chi connectivity index (χ1) is 8.04. The van der Waals surface area contributed by atoms with Gasteiger partial charge < -0.3 is 15.5 Å². The van der Waals surface area contributed by atoms with E-state index in [0.29, 0.717) is 11.2 Å². The molecule has 0 saturated carbocycles. The molecule has 88 valence electrons. The van der Waals surface area contributed by atoms with Crippen molar-refractivity contribution < 1.29 is 10.2 Å². The highest BCUT2D eigenvalue weighted by Gasteiger charge is 2.11. The van der Waals surface area contributed by atoms with Gasteiger partial charge in [-0.25, -0.2) is 0 Å². The second-order valence-electron chi connectivity index (χ2n) is 3.52. The van der Waals surface area contributed by atoms with Crippen LogP contribution in [0.1, 0.15) is 5.69 Å². The van der Waals surface area contributed by atoms with Gasteiger partial charge in [0.1, 0.15) is 0 Å². The SMILES string of the molecule is C=C(NC)c1n[nH]c2cc(O)c(O)cc2c1=O. The third-order valence-electron chi connectivity index (χ3n) is 2.45. The van der Waals surface area contributed by atoms with Gasteiger partial charge in [-0.2, -0.15) is 5.10 Å². The van der Waals surface area contributed by atoms with Crippen molar-refractivity contribution in [2.45, 2.75) is 0 Å². The van der Waals surface area contributed by atoms with E-state index in [1.54, 1.807) is 7.05 Å². The lowest BCUT2D eigenvalue weighted by atomic mass is 10.1. The molecule has 0 aliphatic heterocycles. The Hall–Kier alpha value is -2.50. The molecule has 1 heterocycles. The van der Waals surface area contributed by atoms with Crippen LogP contribution in [0.3, 0.4) is 0 Å². The predicted octanol–water partition coefficient (Wildman–Crippen LogP) is 0.524. The third-order valence-corrected chi connectivity index (χ3v) is 2.45. The lowest BCUT2D eigenvalue weighted by Crippen LogP contribution is -2.17. The number of H-pyrrole nitrogens is 1. The number of aromatic hydroxyl groups is 2. The van der Waals surface area contributed by atoms with Gasteiger partial charge in [0, 0.05) is 13.1 Å². The van der Waals surface area contributed by atoms with Gasteiger partial charge in [0.2, 0.25) is 5.43 Å². The number of hydrogen-bond acceptors (Lipinski definition) is 5. The van der Waals surface area contributed by atoms with Crippen LogP contribution in [-0.2, 0) is 0 Å². The van der Waals surface area contributed by atoms with Crippen molar-refractivity contribution in [3.63, 3.8) is 0 Å². The van der Waals surface area contributed by atoms with Gasteiger partial charge >= 0.3 is 0 Å². The summed E-state index contributed by atoms with van der Waals surface area (Å²) in [5, 5.41) is 28.1. The third kappa shape index (κ3) is 1.69. The normalized spacial score (nSPS) is 10.4. The summed E-state index contributed by atoms with van der Waals surface area (Å²) >= 11 is 0. The zero-order valence-electron chi connectivity index (χ0n) is 9.11. The molecule has 4 N–H and O–H groups in total. The smallest absolute Gasteiger partial charge is 0.217 e. The van der Waals surface area contributed by atoms with Gasteiger partial charge in [-0.15, -0.1) is 0 Å². The summed E-state index contributed by atoms with van der Waals surface area (Å²) in [6.07, 6.45) is 0. The van der Waals surface area contributed by atoms with Crippen molar-refractivity contribution in [3.05, 3.63) is 34.6 Å². The fraction of sp³-hybridized carbons (Fsp3) is 0.0909.